The number of nitrogens with one attached hydrogen (secondary N) is 1. The molecule has 3 rings (SSSR count). The van der Waals surface area contributed by atoms with Crippen LogP contribution in [-0.4, -0.2) is 21.7 Å². The first-order chi connectivity index (χ1) is 8.78. The zero-order chi connectivity index (χ0) is 12.4. The van der Waals surface area contributed by atoms with E-state index in [9.17, 15) is 0 Å². The Morgan fingerprint density at radius 1 is 1.39 bits per heavy atom. The first-order valence-corrected chi connectivity index (χ1v) is 6.28. The van der Waals surface area contributed by atoms with Crippen LogP contribution in [0.25, 0.3) is 11.4 Å². The van der Waals surface area contributed by atoms with Crippen LogP contribution < -0.4 is 5.32 Å². The molecule has 1 aliphatic rings. The molecule has 0 radical (unpaired) electrons. The van der Waals surface area contributed by atoms with E-state index in [2.05, 4.69) is 27.4 Å². The molecule has 18 heavy (non-hydrogen) atoms. The molecule has 2 aromatic rings. The SMILES string of the molecule is CC1(c2nc(-c3cccnc3)no2)CCCCN1. The van der Waals surface area contributed by atoms with E-state index in [0.29, 0.717) is 11.7 Å². The molecule has 0 bridgehead atoms. The summed E-state index contributed by atoms with van der Waals surface area (Å²) < 4.78 is 5.41. The molecule has 0 saturated carbocycles. The van der Waals surface area contributed by atoms with E-state index < -0.39 is 0 Å². The third-order valence-electron chi connectivity index (χ3n) is 3.44. The van der Waals surface area contributed by atoms with Gasteiger partial charge in [0.15, 0.2) is 0 Å². The van der Waals surface area contributed by atoms with Crippen molar-refractivity contribution in [3.8, 4) is 11.4 Å². The predicted octanol–water partition coefficient (Wildman–Crippen LogP) is 2.12. The van der Waals surface area contributed by atoms with Gasteiger partial charge >= 0.3 is 0 Å². The molecule has 1 unspecified atom stereocenters. The van der Waals surface area contributed by atoms with Crippen LogP contribution in [0.4, 0.5) is 0 Å². The number of hydrogen-bond donors (Lipinski definition) is 1. The van der Waals surface area contributed by atoms with Gasteiger partial charge in [-0.05, 0) is 44.9 Å². The molecule has 0 aromatic carbocycles. The monoisotopic (exact) mass is 244 g/mol. The van der Waals surface area contributed by atoms with E-state index in [-0.39, 0.29) is 5.54 Å². The minimum absolute atomic E-state index is 0.189. The fourth-order valence-electron chi connectivity index (χ4n) is 2.30. The topological polar surface area (TPSA) is 63.8 Å². The summed E-state index contributed by atoms with van der Waals surface area (Å²) in [5, 5.41) is 7.51. The van der Waals surface area contributed by atoms with Crippen molar-refractivity contribution in [1.29, 1.82) is 0 Å². The lowest BCUT2D eigenvalue weighted by Gasteiger charge is -2.31. The molecule has 5 nitrogen and oxygen atoms in total. The maximum absolute atomic E-state index is 5.41. The van der Waals surface area contributed by atoms with Crippen molar-refractivity contribution in [3.05, 3.63) is 30.4 Å². The number of piperidine rings is 1. The Bertz CT molecular complexity index is 517. The van der Waals surface area contributed by atoms with Crippen molar-refractivity contribution in [2.24, 2.45) is 0 Å². The third-order valence-corrected chi connectivity index (χ3v) is 3.44. The maximum Gasteiger partial charge on any atom is 0.246 e. The fourth-order valence-corrected chi connectivity index (χ4v) is 2.30. The third kappa shape index (κ3) is 2.01. The van der Waals surface area contributed by atoms with Gasteiger partial charge in [-0.25, -0.2) is 0 Å². The Hall–Kier alpha value is -1.75. The molecule has 1 atom stereocenters. The van der Waals surface area contributed by atoms with Gasteiger partial charge in [-0.1, -0.05) is 5.16 Å². The lowest BCUT2D eigenvalue weighted by molar-refractivity contribution is 0.207. The van der Waals surface area contributed by atoms with Crippen LogP contribution in [-0.2, 0) is 5.54 Å². The van der Waals surface area contributed by atoms with Crippen LogP contribution >= 0.6 is 0 Å². The van der Waals surface area contributed by atoms with Crippen molar-refractivity contribution in [1.82, 2.24) is 20.4 Å². The Kier molecular flexibility index (Phi) is 2.83. The van der Waals surface area contributed by atoms with Crippen LogP contribution in [0.1, 0.15) is 32.1 Å². The molecule has 3 heterocycles. The molecule has 1 fully saturated rings. The highest BCUT2D eigenvalue weighted by Gasteiger charge is 2.34. The van der Waals surface area contributed by atoms with E-state index in [1.807, 2.05) is 12.1 Å². The van der Waals surface area contributed by atoms with E-state index in [4.69, 9.17) is 4.52 Å². The fraction of sp³-hybridized carbons (Fsp3) is 0.462. The minimum atomic E-state index is -0.189. The van der Waals surface area contributed by atoms with E-state index in [0.717, 1.165) is 18.5 Å². The second kappa shape index (κ2) is 4.49. The number of rotatable bonds is 2. The first kappa shape index (κ1) is 11.3. The summed E-state index contributed by atoms with van der Waals surface area (Å²) >= 11 is 0. The van der Waals surface area contributed by atoms with Gasteiger partial charge in [-0.2, -0.15) is 4.98 Å². The van der Waals surface area contributed by atoms with Crippen molar-refractivity contribution < 1.29 is 4.52 Å². The molecular formula is C13H16N4O. The normalized spacial score (nSPS) is 24.1. The molecule has 1 N–H and O–H groups in total. The van der Waals surface area contributed by atoms with Gasteiger partial charge in [0.05, 0.1) is 5.54 Å². The quantitative estimate of drug-likeness (QED) is 0.876. The largest absolute Gasteiger partial charge is 0.337 e. The van der Waals surface area contributed by atoms with Gasteiger partial charge in [-0.15, -0.1) is 0 Å². The van der Waals surface area contributed by atoms with Crippen molar-refractivity contribution in [2.45, 2.75) is 31.7 Å². The molecule has 94 valence electrons. The van der Waals surface area contributed by atoms with Crippen LogP contribution in [0.15, 0.2) is 29.0 Å². The number of hydrogen-bond acceptors (Lipinski definition) is 5. The summed E-state index contributed by atoms with van der Waals surface area (Å²) in [5.41, 5.74) is 0.693. The van der Waals surface area contributed by atoms with Crippen LogP contribution in [0.3, 0.4) is 0 Å². The first-order valence-electron chi connectivity index (χ1n) is 6.28. The van der Waals surface area contributed by atoms with Gasteiger partial charge in [0, 0.05) is 18.0 Å². The highest BCUT2D eigenvalue weighted by atomic mass is 16.5. The van der Waals surface area contributed by atoms with E-state index in [1.54, 1.807) is 12.4 Å². The van der Waals surface area contributed by atoms with Crippen LogP contribution in [0.2, 0.25) is 0 Å². The van der Waals surface area contributed by atoms with Gasteiger partial charge < -0.3 is 9.84 Å². The predicted molar refractivity (Wildman–Crippen MR) is 66.7 cm³/mol. The molecule has 0 aliphatic carbocycles. The standard InChI is InChI=1S/C13H16N4O/c1-13(6-2-3-8-15-13)12-16-11(17-18-12)10-5-4-7-14-9-10/h4-5,7,9,15H,2-3,6,8H2,1H3. The van der Waals surface area contributed by atoms with Gasteiger partial charge in [0.1, 0.15) is 0 Å². The summed E-state index contributed by atoms with van der Waals surface area (Å²) in [6.45, 7) is 3.12. The summed E-state index contributed by atoms with van der Waals surface area (Å²) in [5.74, 6) is 1.27. The molecule has 5 heteroatoms. The lowest BCUT2D eigenvalue weighted by Crippen LogP contribution is -2.43. The van der Waals surface area contributed by atoms with Crippen LogP contribution in [0.5, 0.6) is 0 Å². The molecular weight excluding hydrogens is 228 g/mol. The number of pyridine rings is 1. The van der Waals surface area contributed by atoms with Crippen LogP contribution in [0, 0.1) is 0 Å². The summed E-state index contributed by atoms with van der Waals surface area (Å²) in [6.07, 6.45) is 6.90. The molecule has 1 aliphatic heterocycles. The van der Waals surface area contributed by atoms with Gasteiger partial charge in [-0.3, -0.25) is 4.98 Å². The molecule has 0 spiro atoms. The highest BCUT2D eigenvalue weighted by molar-refractivity contribution is 5.52. The highest BCUT2D eigenvalue weighted by Crippen LogP contribution is 2.29. The smallest absolute Gasteiger partial charge is 0.246 e. The van der Waals surface area contributed by atoms with Gasteiger partial charge in [0.2, 0.25) is 11.7 Å². The zero-order valence-corrected chi connectivity index (χ0v) is 10.4. The second-order valence-corrected chi connectivity index (χ2v) is 4.88. The Labute approximate surface area is 106 Å². The zero-order valence-electron chi connectivity index (χ0n) is 10.4. The summed E-state index contributed by atoms with van der Waals surface area (Å²) in [4.78, 5) is 8.56. The Morgan fingerprint density at radius 3 is 3.06 bits per heavy atom. The Morgan fingerprint density at radius 2 is 2.33 bits per heavy atom. The molecule has 2 aromatic heterocycles. The van der Waals surface area contributed by atoms with Crippen molar-refractivity contribution >= 4 is 0 Å². The average Bonchev–Trinajstić information content (AvgIpc) is 2.91. The van der Waals surface area contributed by atoms with Crippen molar-refractivity contribution in [3.63, 3.8) is 0 Å². The van der Waals surface area contributed by atoms with E-state index >= 15 is 0 Å². The summed E-state index contributed by atoms with van der Waals surface area (Å²) in [7, 11) is 0. The number of nitrogens with zero attached hydrogens (tertiary/aromatic N) is 3. The molecule has 1 saturated heterocycles. The van der Waals surface area contributed by atoms with Crippen molar-refractivity contribution in [2.75, 3.05) is 6.54 Å². The van der Waals surface area contributed by atoms with Gasteiger partial charge in [0.25, 0.3) is 0 Å². The van der Waals surface area contributed by atoms with E-state index in [1.165, 1.54) is 12.8 Å². The average molecular weight is 244 g/mol. The maximum atomic E-state index is 5.41. The molecule has 0 amide bonds. The number of aromatic nitrogens is 3. The second-order valence-electron chi connectivity index (χ2n) is 4.88. The Balaban J connectivity index is 1.89. The lowest BCUT2D eigenvalue weighted by atomic mass is 9.91. The minimum Gasteiger partial charge on any atom is -0.337 e. The summed E-state index contributed by atoms with van der Waals surface area (Å²) in [6, 6.07) is 3.80.